The zero-order valence-corrected chi connectivity index (χ0v) is 24.3. The van der Waals surface area contributed by atoms with Crippen LogP contribution in [0.1, 0.15) is 35.1 Å². The van der Waals surface area contributed by atoms with Crippen molar-refractivity contribution in [2.45, 2.75) is 38.5 Å². The van der Waals surface area contributed by atoms with Crippen LogP contribution >= 0.6 is 27.5 Å². The molecule has 1 amide bonds. The molecule has 0 aromatic heterocycles. The summed E-state index contributed by atoms with van der Waals surface area (Å²) in [5, 5.41) is 0.709. The predicted octanol–water partition coefficient (Wildman–Crippen LogP) is 6.93. The van der Waals surface area contributed by atoms with Crippen molar-refractivity contribution >= 4 is 54.7 Å². The maximum atomic E-state index is 13.7. The maximum Gasteiger partial charge on any atom is 0.264 e. The van der Waals surface area contributed by atoms with Crippen LogP contribution in [0.2, 0.25) is 5.02 Å². The second-order valence-corrected chi connectivity index (χ2v) is 12.6. The van der Waals surface area contributed by atoms with Gasteiger partial charge in [0.15, 0.2) is 0 Å². The van der Waals surface area contributed by atoms with E-state index in [-0.39, 0.29) is 23.8 Å². The Morgan fingerprint density at radius 1 is 1.00 bits per heavy atom. The fourth-order valence-electron chi connectivity index (χ4n) is 4.70. The van der Waals surface area contributed by atoms with E-state index >= 15 is 0 Å². The summed E-state index contributed by atoms with van der Waals surface area (Å²) in [4.78, 5) is 15.2. The lowest BCUT2D eigenvalue weighted by atomic mass is 9.95. The first-order valence-corrected chi connectivity index (χ1v) is 14.8. The summed E-state index contributed by atoms with van der Waals surface area (Å²) in [6.45, 7) is 7.06. The van der Waals surface area contributed by atoms with Gasteiger partial charge in [0.05, 0.1) is 10.6 Å². The molecular weight excluding hydrogens is 572 g/mol. The number of sulfonamides is 1. The lowest BCUT2D eigenvalue weighted by Crippen LogP contribution is -2.39. The van der Waals surface area contributed by atoms with Crippen molar-refractivity contribution in [3.63, 3.8) is 0 Å². The lowest BCUT2D eigenvalue weighted by molar-refractivity contribution is -0.130. The maximum absolute atomic E-state index is 13.7. The first kappa shape index (κ1) is 27.4. The minimum atomic E-state index is -3.86. The van der Waals surface area contributed by atoms with Crippen molar-refractivity contribution in [2.75, 3.05) is 23.9 Å². The molecule has 4 rings (SSSR count). The molecule has 0 atom stereocenters. The summed E-state index contributed by atoms with van der Waals surface area (Å²) in [6.07, 6.45) is 2.91. The minimum absolute atomic E-state index is 0.0590. The first-order chi connectivity index (χ1) is 17.5. The van der Waals surface area contributed by atoms with E-state index < -0.39 is 10.0 Å². The zero-order valence-electron chi connectivity index (χ0n) is 21.2. The van der Waals surface area contributed by atoms with Gasteiger partial charge < -0.3 is 4.90 Å². The number of amides is 1. The summed E-state index contributed by atoms with van der Waals surface area (Å²) < 4.78 is 29.5. The number of aryl methyl sites for hydroxylation is 3. The Labute approximate surface area is 232 Å². The molecule has 37 heavy (non-hydrogen) atoms. The van der Waals surface area contributed by atoms with E-state index in [9.17, 15) is 13.2 Å². The molecule has 0 spiro atoms. The molecule has 1 aliphatic rings. The third-order valence-electron chi connectivity index (χ3n) is 6.52. The average Bonchev–Trinajstić information content (AvgIpc) is 2.84. The molecule has 0 aliphatic carbocycles. The van der Waals surface area contributed by atoms with Crippen LogP contribution in [0.15, 0.2) is 76.1 Å². The summed E-state index contributed by atoms with van der Waals surface area (Å²) in [5.41, 5.74) is 5.95. The largest absolute Gasteiger partial charge is 0.339 e. The van der Waals surface area contributed by atoms with Crippen LogP contribution in [0, 0.1) is 20.8 Å². The fourth-order valence-corrected chi connectivity index (χ4v) is 6.64. The second kappa shape index (κ2) is 11.4. The number of nitrogens with zero attached hydrogens (tertiary/aromatic N) is 2. The zero-order chi connectivity index (χ0) is 26.7. The fraction of sp³-hybridized carbons (Fsp3) is 0.276. The van der Waals surface area contributed by atoms with Crippen molar-refractivity contribution in [2.24, 2.45) is 0 Å². The monoisotopic (exact) mass is 600 g/mol. The summed E-state index contributed by atoms with van der Waals surface area (Å²) in [5.74, 6) is -0.0662. The number of carbonyl (C=O) groups is 1. The SMILES string of the molecule is Cc1cc(C)cc(N(CCC(=O)N2CC=C(c3ccc(Cl)cc3C)CC2)S(=O)(=O)c2ccc(Br)cc2)c1. The van der Waals surface area contributed by atoms with Gasteiger partial charge in [-0.05, 0) is 104 Å². The molecule has 0 N–H and O–H groups in total. The van der Waals surface area contributed by atoms with Crippen LogP contribution in [0.5, 0.6) is 0 Å². The Hall–Kier alpha value is -2.61. The van der Waals surface area contributed by atoms with Crippen LogP contribution in [0.3, 0.4) is 0 Å². The number of hydrogen-bond donors (Lipinski definition) is 0. The number of halogens is 2. The van der Waals surface area contributed by atoms with Crippen LogP contribution < -0.4 is 4.31 Å². The van der Waals surface area contributed by atoms with Crippen LogP contribution in [-0.2, 0) is 14.8 Å². The Bertz CT molecular complexity index is 1430. The summed E-state index contributed by atoms with van der Waals surface area (Å²) in [6, 6.07) is 18.1. The van der Waals surface area contributed by atoms with Gasteiger partial charge in [0.2, 0.25) is 5.91 Å². The Balaban J connectivity index is 1.53. The quantitative estimate of drug-likeness (QED) is 0.295. The van der Waals surface area contributed by atoms with Gasteiger partial charge in [-0.3, -0.25) is 9.10 Å². The van der Waals surface area contributed by atoms with E-state index in [1.54, 1.807) is 29.2 Å². The van der Waals surface area contributed by atoms with Gasteiger partial charge in [0.25, 0.3) is 10.0 Å². The topological polar surface area (TPSA) is 57.7 Å². The number of anilines is 1. The van der Waals surface area contributed by atoms with Crippen molar-refractivity contribution < 1.29 is 13.2 Å². The Kier molecular flexibility index (Phi) is 8.46. The van der Waals surface area contributed by atoms with Gasteiger partial charge in [0, 0.05) is 35.6 Å². The van der Waals surface area contributed by atoms with Crippen LogP contribution in [0.25, 0.3) is 5.57 Å². The molecule has 0 saturated carbocycles. The van der Waals surface area contributed by atoms with Gasteiger partial charge in [-0.25, -0.2) is 8.42 Å². The van der Waals surface area contributed by atoms with Gasteiger partial charge in [0.1, 0.15) is 0 Å². The number of carbonyl (C=O) groups excluding carboxylic acids is 1. The molecule has 0 fully saturated rings. The molecule has 8 heteroatoms. The second-order valence-electron chi connectivity index (χ2n) is 9.41. The van der Waals surface area contributed by atoms with E-state index in [1.807, 2.05) is 57.2 Å². The highest BCUT2D eigenvalue weighted by Gasteiger charge is 2.27. The van der Waals surface area contributed by atoms with Crippen molar-refractivity contribution in [3.8, 4) is 0 Å². The molecule has 0 saturated heterocycles. The van der Waals surface area contributed by atoms with E-state index in [0.717, 1.165) is 33.1 Å². The molecule has 194 valence electrons. The smallest absolute Gasteiger partial charge is 0.264 e. The molecule has 0 unspecified atom stereocenters. The molecule has 0 radical (unpaired) electrons. The average molecular weight is 602 g/mol. The molecule has 1 aliphatic heterocycles. The first-order valence-electron chi connectivity index (χ1n) is 12.1. The highest BCUT2D eigenvalue weighted by Crippen LogP contribution is 2.29. The van der Waals surface area contributed by atoms with Crippen molar-refractivity contribution in [1.29, 1.82) is 0 Å². The predicted molar refractivity (Wildman–Crippen MR) is 155 cm³/mol. The lowest BCUT2D eigenvalue weighted by Gasteiger charge is -2.29. The van der Waals surface area contributed by atoms with Crippen LogP contribution in [0.4, 0.5) is 5.69 Å². The van der Waals surface area contributed by atoms with Gasteiger partial charge >= 0.3 is 0 Å². The third-order valence-corrected chi connectivity index (χ3v) is 9.13. The van der Waals surface area contributed by atoms with Gasteiger partial charge in [-0.15, -0.1) is 0 Å². The van der Waals surface area contributed by atoms with E-state index in [2.05, 4.69) is 22.0 Å². The highest BCUT2D eigenvalue weighted by atomic mass is 79.9. The molecule has 5 nitrogen and oxygen atoms in total. The summed E-state index contributed by atoms with van der Waals surface area (Å²) >= 11 is 9.46. The molecule has 1 heterocycles. The Morgan fingerprint density at radius 3 is 2.27 bits per heavy atom. The molecule has 3 aromatic rings. The Morgan fingerprint density at radius 2 is 1.68 bits per heavy atom. The van der Waals surface area contributed by atoms with Crippen molar-refractivity contribution in [3.05, 3.63) is 98.5 Å². The third kappa shape index (κ3) is 6.46. The standard InChI is InChI=1S/C29H30BrClN2O3S/c1-20-16-21(2)18-26(17-20)33(37(35,36)27-7-4-24(30)5-8-27)15-12-29(34)32-13-10-23(11-14-32)28-9-6-25(31)19-22(28)3/h4-10,16-19H,11-15H2,1-3H3. The normalized spacial score (nSPS) is 13.9. The molecular formula is C29H30BrClN2O3S. The van der Waals surface area contributed by atoms with E-state index in [4.69, 9.17) is 11.6 Å². The summed E-state index contributed by atoms with van der Waals surface area (Å²) in [7, 11) is -3.86. The highest BCUT2D eigenvalue weighted by molar-refractivity contribution is 9.10. The number of hydrogen-bond acceptors (Lipinski definition) is 3. The van der Waals surface area contributed by atoms with Gasteiger partial charge in [-0.2, -0.15) is 0 Å². The minimum Gasteiger partial charge on any atom is -0.339 e. The van der Waals surface area contributed by atoms with E-state index in [1.165, 1.54) is 9.88 Å². The van der Waals surface area contributed by atoms with E-state index in [0.29, 0.717) is 23.8 Å². The molecule has 0 bridgehead atoms. The molecule has 3 aromatic carbocycles. The van der Waals surface area contributed by atoms with Crippen molar-refractivity contribution in [1.82, 2.24) is 4.90 Å². The van der Waals surface area contributed by atoms with Gasteiger partial charge in [-0.1, -0.05) is 45.7 Å². The van der Waals surface area contributed by atoms with Crippen LogP contribution in [-0.4, -0.2) is 38.9 Å². The number of rotatable bonds is 7. The number of benzene rings is 3.